The van der Waals surface area contributed by atoms with Crippen molar-refractivity contribution in [3.63, 3.8) is 0 Å². The quantitative estimate of drug-likeness (QED) is 0.712. The first-order chi connectivity index (χ1) is 12.7. The van der Waals surface area contributed by atoms with Crippen LogP contribution in [0.1, 0.15) is 21.7 Å². The van der Waals surface area contributed by atoms with Crippen molar-refractivity contribution >= 4 is 28.3 Å². The number of hydrogen-bond acceptors (Lipinski definition) is 4. The number of rotatable bonds is 4. The Kier molecular flexibility index (Phi) is 4.86. The van der Waals surface area contributed by atoms with Crippen LogP contribution in [0.25, 0.3) is 11.0 Å². The zero-order valence-electron chi connectivity index (χ0n) is 14.8. The Labute approximate surface area is 157 Å². The van der Waals surface area contributed by atoms with Gasteiger partial charge in [0.25, 0.3) is 5.91 Å². The van der Waals surface area contributed by atoms with Crippen LogP contribution >= 0.6 is 11.3 Å². The van der Waals surface area contributed by atoms with Gasteiger partial charge >= 0.3 is 0 Å². The Bertz CT molecular complexity index is 920. The first-order valence-corrected chi connectivity index (χ1v) is 9.75. The lowest BCUT2D eigenvalue weighted by molar-refractivity contribution is 0.0645. The highest BCUT2D eigenvalue weighted by molar-refractivity contribution is 7.15. The van der Waals surface area contributed by atoms with Gasteiger partial charge in [-0.05, 0) is 12.5 Å². The number of aromatic nitrogens is 2. The van der Waals surface area contributed by atoms with Gasteiger partial charge in [-0.15, -0.1) is 11.3 Å². The van der Waals surface area contributed by atoms with Crippen LogP contribution in [0, 0.1) is 6.92 Å². The van der Waals surface area contributed by atoms with E-state index >= 15 is 0 Å². The highest BCUT2D eigenvalue weighted by Gasteiger charge is 2.23. The molecule has 4 rings (SSSR count). The molecular weight excluding hydrogens is 344 g/mol. The SMILES string of the molecule is Cc1csc2nc(C(=O)N3CCN(C/C=C/c4ccccc4)CC3)cn12. The van der Waals surface area contributed by atoms with Crippen molar-refractivity contribution in [2.24, 2.45) is 0 Å². The van der Waals surface area contributed by atoms with Gasteiger partial charge in [0.05, 0.1) is 0 Å². The maximum atomic E-state index is 12.7. The number of piperazine rings is 1. The molecule has 0 aliphatic carbocycles. The summed E-state index contributed by atoms with van der Waals surface area (Å²) in [6.45, 7) is 6.24. The molecule has 5 nitrogen and oxygen atoms in total. The molecular formula is C20H22N4OS. The molecule has 1 aliphatic heterocycles. The minimum atomic E-state index is 0.0415. The number of thiazole rings is 1. The molecule has 1 saturated heterocycles. The predicted molar refractivity (Wildman–Crippen MR) is 106 cm³/mol. The predicted octanol–water partition coefficient (Wildman–Crippen LogP) is 3.18. The third-order valence-electron chi connectivity index (χ3n) is 4.74. The Balaban J connectivity index is 1.31. The zero-order chi connectivity index (χ0) is 17.9. The molecule has 6 heteroatoms. The molecule has 1 fully saturated rings. The van der Waals surface area contributed by atoms with Gasteiger partial charge in [-0.3, -0.25) is 14.1 Å². The molecule has 1 aromatic carbocycles. The topological polar surface area (TPSA) is 40.9 Å². The van der Waals surface area contributed by atoms with Crippen molar-refractivity contribution in [1.29, 1.82) is 0 Å². The van der Waals surface area contributed by atoms with Crippen LogP contribution in [0.4, 0.5) is 0 Å². The van der Waals surface area contributed by atoms with Crippen LogP contribution in [0.15, 0.2) is 48.0 Å². The standard InChI is InChI=1S/C20H22N4OS/c1-16-15-26-20-21-18(14-24(16)20)19(25)23-12-10-22(11-13-23)9-5-8-17-6-3-2-4-7-17/h2-8,14-15H,9-13H2,1H3/b8-5+. The number of aryl methyl sites for hydroxylation is 1. The largest absolute Gasteiger partial charge is 0.335 e. The molecule has 0 bridgehead atoms. The Hall–Kier alpha value is -2.44. The van der Waals surface area contributed by atoms with Crippen molar-refractivity contribution < 1.29 is 4.79 Å². The van der Waals surface area contributed by atoms with Gasteiger partial charge in [0.1, 0.15) is 5.69 Å². The average molecular weight is 366 g/mol. The maximum absolute atomic E-state index is 12.7. The summed E-state index contributed by atoms with van der Waals surface area (Å²) in [5, 5.41) is 2.05. The number of amides is 1. The van der Waals surface area contributed by atoms with Gasteiger partial charge in [-0.25, -0.2) is 4.98 Å². The number of carbonyl (C=O) groups is 1. The number of fused-ring (bicyclic) bond motifs is 1. The number of nitrogens with zero attached hydrogens (tertiary/aromatic N) is 4. The molecule has 3 aromatic rings. The fraction of sp³-hybridized carbons (Fsp3) is 0.300. The summed E-state index contributed by atoms with van der Waals surface area (Å²) < 4.78 is 1.99. The minimum absolute atomic E-state index is 0.0415. The lowest BCUT2D eigenvalue weighted by Gasteiger charge is -2.33. The van der Waals surface area contributed by atoms with Crippen LogP contribution in [0.3, 0.4) is 0 Å². The fourth-order valence-electron chi connectivity index (χ4n) is 3.19. The van der Waals surface area contributed by atoms with E-state index in [2.05, 4.69) is 39.5 Å². The van der Waals surface area contributed by atoms with E-state index in [0.29, 0.717) is 5.69 Å². The zero-order valence-corrected chi connectivity index (χ0v) is 15.7. The van der Waals surface area contributed by atoms with E-state index in [0.717, 1.165) is 43.4 Å². The summed E-state index contributed by atoms with van der Waals surface area (Å²) in [6, 6.07) is 10.3. The first kappa shape index (κ1) is 17.0. The third-order valence-corrected chi connectivity index (χ3v) is 5.70. The molecule has 0 atom stereocenters. The summed E-state index contributed by atoms with van der Waals surface area (Å²) in [7, 11) is 0. The highest BCUT2D eigenvalue weighted by Crippen LogP contribution is 2.17. The number of carbonyl (C=O) groups excluding carboxylic acids is 1. The van der Waals surface area contributed by atoms with E-state index in [4.69, 9.17) is 0 Å². The van der Waals surface area contributed by atoms with E-state index in [1.165, 1.54) is 5.56 Å². The van der Waals surface area contributed by atoms with Gasteiger partial charge in [0.2, 0.25) is 0 Å². The second kappa shape index (κ2) is 7.43. The van der Waals surface area contributed by atoms with E-state index < -0.39 is 0 Å². The van der Waals surface area contributed by atoms with Crippen LogP contribution in [-0.2, 0) is 0 Å². The molecule has 0 saturated carbocycles. The maximum Gasteiger partial charge on any atom is 0.274 e. The third kappa shape index (κ3) is 3.57. The molecule has 3 heterocycles. The Morgan fingerprint density at radius 1 is 1.19 bits per heavy atom. The molecule has 26 heavy (non-hydrogen) atoms. The average Bonchev–Trinajstić information content (AvgIpc) is 3.25. The molecule has 1 amide bonds. The summed E-state index contributed by atoms with van der Waals surface area (Å²) in [5.41, 5.74) is 2.89. The Morgan fingerprint density at radius 2 is 1.96 bits per heavy atom. The smallest absolute Gasteiger partial charge is 0.274 e. The van der Waals surface area contributed by atoms with Crippen molar-refractivity contribution in [2.75, 3.05) is 32.7 Å². The number of benzene rings is 1. The van der Waals surface area contributed by atoms with E-state index in [1.807, 2.05) is 40.6 Å². The monoisotopic (exact) mass is 366 g/mol. The second-order valence-corrected chi connectivity index (χ2v) is 7.40. The van der Waals surface area contributed by atoms with Crippen LogP contribution in [0.2, 0.25) is 0 Å². The van der Waals surface area contributed by atoms with E-state index in [9.17, 15) is 4.79 Å². The van der Waals surface area contributed by atoms with E-state index in [-0.39, 0.29) is 5.91 Å². The first-order valence-electron chi connectivity index (χ1n) is 8.87. The molecule has 0 N–H and O–H groups in total. The lowest BCUT2D eigenvalue weighted by Crippen LogP contribution is -2.48. The van der Waals surface area contributed by atoms with E-state index in [1.54, 1.807) is 11.3 Å². The minimum Gasteiger partial charge on any atom is -0.335 e. The van der Waals surface area contributed by atoms with Crippen molar-refractivity contribution in [3.05, 3.63) is 64.9 Å². The number of imidazole rings is 1. The highest BCUT2D eigenvalue weighted by atomic mass is 32.1. The van der Waals surface area contributed by atoms with Crippen molar-refractivity contribution in [1.82, 2.24) is 19.2 Å². The van der Waals surface area contributed by atoms with Crippen molar-refractivity contribution in [2.45, 2.75) is 6.92 Å². The lowest BCUT2D eigenvalue weighted by atomic mass is 10.2. The fourth-order valence-corrected chi connectivity index (χ4v) is 4.05. The molecule has 0 unspecified atom stereocenters. The molecule has 0 spiro atoms. The summed E-state index contributed by atoms with van der Waals surface area (Å²) in [4.78, 5) is 22.4. The molecule has 0 radical (unpaired) electrons. The molecule has 2 aromatic heterocycles. The van der Waals surface area contributed by atoms with Gasteiger partial charge in [0.15, 0.2) is 4.96 Å². The van der Waals surface area contributed by atoms with Gasteiger partial charge < -0.3 is 4.90 Å². The molecule has 1 aliphatic rings. The summed E-state index contributed by atoms with van der Waals surface area (Å²) in [6.07, 6.45) is 6.20. The van der Waals surface area contributed by atoms with Gasteiger partial charge in [0, 0.05) is 50.0 Å². The molecule has 134 valence electrons. The second-order valence-electron chi connectivity index (χ2n) is 6.56. The van der Waals surface area contributed by atoms with Crippen LogP contribution in [-0.4, -0.2) is 57.8 Å². The van der Waals surface area contributed by atoms with Gasteiger partial charge in [-0.2, -0.15) is 0 Å². The summed E-state index contributed by atoms with van der Waals surface area (Å²) in [5.74, 6) is 0.0415. The van der Waals surface area contributed by atoms with Crippen molar-refractivity contribution in [3.8, 4) is 0 Å². The number of hydrogen-bond donors (Lipinski definition) is 0. The van der Waals surface area contributed by atoms with Crippen LogP contribution in [0.5, 0.6) is 0 Å². The summed E-state index contributed by atoms with van der Waals surface area (Å²) >= 11 is 1.57. The van der Waals surface area contributed by atoms with Gasteiger partial charge in [-0.1, -0.05) is 42.5 Å². The van der Waals surface area contributed by atoms with Crippen LogP contribution < -0.4 is 0 Å². The Morgan fingerprint density at radius 3 is 2.69 bits per heavy atom. The normalized spacial score (nSPS) is 16.0.